The Morgan fingerprint density at radius 1 is 1.26 bits per heavy atom. The van der Waals surface area contributed by atoms with Crippen LogP contribution < -0.4 is 5.32 Å². The summed E-state index contributed by atoms with van der Waals surface area (Å²) in [6.45, 7) is 3.62. The molecule has 0 aliphatic rings. The van der Waals surface area contributed by atoms with E-state index < -0.39 is 23.5 Å². The lowest BCUT2D eigenvalue weighted by molar-refractivity contribution is 0.0531. The van der Waals surface area contributed by atoms with Gasteiger partial charge in [-0.05, 0) is 37.6 Å². The largest absolute Gasteiger partial charge is 0.462 e. The monoisotopic (exact) mass is 359 g/mol. The van der Waals surface area contributed by atoms with Crippen molar-refractivity contribution in [3.63, 3.8) is 0 Å². The summed E-state index contributed by atoms with van der Waals surface area (Å²) >= 11 is 6.78. The van der Waals surface area contributed by atoms with Crippen LogP contribution in [0.4, 0.5) is 13.8 Å². The normalized spacial score (nSPS) is 10.5. The average molecular weight is 360 g/mol. The number of anilines is 1. The van der Waals surface area contributed by atoms with Crippen LogP contribution >= 0.6 is 22.9 Å². The number of esters is 1. The van der Waals surface area contributed by atoms with E-state index >= 15 is 0 Å². The van der Waals surface area contributed by atoms with Crippen LogP contribution in [-0.4, -0.2) is 18.5 Å². The SMILES string of the molecule is CCOC(=O)c1sc(NC(=O)c2cc(F)c(F)cc2Cl)cc1C. The minimum Gasteiger partial charge on any atom is -0.462 e. The number of hydrogen-bond acceptors (Lipinski definition) is 4. The fourth-order valence-electron chi connectivity index (χ4n) is 1.82. The van der Waals surface area contributed by atoms with Gasteiger partial charge in [-0.3, -0.25) is 4.79 Å². The number of nitrogens with one attached hydrogen (secondary N) is 1. The Kier molecular flexibility index (Phi) is 5.33. The Morgan fingerprint density at radius 2 is 1.91 bits per heavy atom. The molecule has 0 aliphatic heterocycles. The molecule has 1 aromatic heterocycles. The first kappa shape index (κ1) is 17.4. The smallest absolute Gasteiger partial charge is 0.348 e. The van der Waals surface area contributed by atoms with E-state index in [0.29, 0.717) is 15.4 Å². The third-order valence-corrected chi connectivity index (χ3v) is 4.32. The van der Waals surface area contributed by atoms with Gasteiger partial charge in [0.2, 0.25) is 0 Å². The summed E-state index contributed by atoms with van der Waals surface area (Å²) < 4.78 is 31.2. The van der Waals surface area contributed by atoms with Crippen molar-refractivity contribution in [2.75, 3.05) is 11.9 Å². The number of carbonyl (C=O) groups excluding carboxylic acids is 2. The summed E-state index contributed by atoms with van der Waals surface area (Å²) in [4.78, 5) is 24.2. The van der Waals surface area contributed by atoms with E-state index in [2.05, 4.69) is 5.32 Å². The fraction of sp³-hybridized carbons (Fsp3) is 0.200. The van der Waals surface area contributed by atoms with Gasteiger partial charge in [0.25, 0.3) is 5.91 Å². The molecule has 4 nitrogen and oxygen atoms in total. The van der Waals surface area contributed by atoms with Crippen molar-refractivity contribution in [3.8, 4) is 0 Å². The van der Waals surface area contributed by atoms with Gasteiger partial charge in [-0.15, -0.1) is 11.3 Å². The van der Waals surface area contributed by atoms with Crippen molar-refractivity contribution in [2.24, 2.45) is 0 Å². The van der Waals surface area contributed by atoms with E-state index in [9.17, 15) is 18.4 Å². The lowest BCUT2D eigenvalue weighted by Gasteiger charge is -2.05. The highest BCUT2D eigenvalue weighted by atomic mass is 35.5. The van der Waals surface area contributed by atoms with E-state index in [4.69, 9.17) is 16.3 Å². The Hall–Kier alpha value is -1.99. The topological polar surface area (TPSA) is 55.4 Å². The number of amides is 1. The summed E-state index contributed by atoms with van der Waals surface area (Å²) in [5.74, 6) is -3.50. The molecule has 23 heavy (non-hydrogen) atoms. The lowest BCUT2D eigenvalue weighted by Crippen LogP contribution is -2.12. The molecule has 0 saturated heterocycles. The molecular formula is C15H12ClF2NO3S. The Morgan fingerprint density at radius 3 is 2.57 bits per heavy atom. The van der Waals surface area contributed by atoms with E-state index in [1.54, 1.807) is 19.9 Å². The van der Waals surface area contributed by atoms with Crippen molar-refractivity contribution in [2.45, 2.75) is 13.8 Å². The van der Waals surface area contributed by atoms with Gasteiger partial charge < -0.3 is 10.1 Å². The number of benzene rings is 1. The molecule has 122 valence electrons. The van der Waals surface area contributed by atoms with Gasteiger partial charge in [0.05, 0.1) is 22.2 Å². The fourth-order valence-corrected chi connectivity index (χ4v) is 3.02. The number of thiophene rings is 1. The molecule has 0 spiro atoms. The minimum atomic E-state index is -1.17. The molecular weight excluding hydrogens is 348 g/mol. The minimum absolute atomic E-state index is 0.200. The van der Waals surface area contributed by atoms with Gasteiger partial charge in [0.15, 0.2) is 11.6 Å². The summed E-state index contributed by atoms with van der Waals surface area (Å²) in [7, 11) is 0. The molecule has 0 bridgehead atoms. The molecule has 0 aliphatic carbocycles. The lowest BCUT2D eigenvalue weighted by atomic mass is 10.2. The Labute approximate surface area is 140 Å². The molecule has 1 aromatic carbocycles. The molecule has 0 unspecified atom stereocenters. The third kappa shape index (κ3) is 3.86. The number of aryl methyl sites for hydroxylation is 1. The molecule has 2 rings (SSSR count). The number of hydrogen-bond donors (Lipinski definition) is 1. The molecule has 1 N–H and O–H groups in total. The molecule has 0 radical (unpaired) electrons. The van der Waals surface area contributed by atoms with Crippen LogP contribution in [0.15, 0.2) is 18.2 Å². The highest BCUT2D eigenvalue weighted by Crippen LogP contribution is 2.29. The van der Waals surface area contributed by atoms with Gasteiger partial charge in [-0.2, -0.15) is 0 Å². The number of rotatable bonds is 4. The van der Waals surface area contributed by atoms with Gasteiger partial charge in [0, 0.05) is 0 Å². The second kappa shape index (κ2) is 7.06. The molecule has 1 heterocycles. The number of carbonyl (C=O) groups is 2. The number of halogens is 3. The second-order valence-corrected chi connectivity index (χ2v) is 6.00. The molecule has 0 saturated carbocycles. The Balaban J connectivity index is 2.23. The maximum atomic E-state index is 13.2. The molecule has 2 aromatic rings. The summed E-state index contributed by atoms with van der Waals surface area (Å²) in [6, 6.07) is 3.04. The highest BCUT2D eigenvalue weighted by Gasteiger charge is 2.19. The van der Waals surface area contributed by atoms with Crippen LogP contribution in [0, 0.1) is 18.6 Å². The van der Waals surface area contributed by atoms with Crippen LogP contribution in [-0.2, 0) is 4.74 Å². The standard InChI is InChI=1S/C15H12ClF2NO3S/c1-3-22-15(21)13-7(2)4-12(23-13)19-14(20)8-5-10(17)11(18)6-9(8)16/h4-6H,3H2,1-2H3,(H,19,20). The molecule has 8 heteroatoms. The maximum absolute atomic E-state index is 13.2. The number of ether oxygens (including phenoxy) is 1. The zero-order chi connectivity index (χ0) is 17.1. The first-order chi connectivity index (χ1) is 10.8. The summed E-state index contributed by atoms with van der Waals surface area (Å²) in [6.07, 6.45) is 0. The van der Waals surface area contributed by atoms with Crippen LogP contribution in [0.25, 0.3) is 0 Å². The van der Waals surface area contributed by atoms with Crippen LogP contribution in [0.5, 0.6) is 0 Å². The predicted molar refractivity (Wildman–Crippen MR) is 84.3 cm³/mol. The molecule has 0 fully saturated rings. The van der Waals surface area contributed by atoms with E-state index in [1.807, 2.05) is 0 Å². The average Bonchev–Trinajstić information content (AvgIpc) is 2.83. The van der Waals surface area contributed by atoms with Gasteiger partial charge in [-0.1, -0.05) is 11.6 Å². The van der Waals surface area contributed by atoms with Crippen LogP contribution in [0.1, 0.15) is 32.5 Å². The molecule has 0 atom stereocenters. The summed E-state index contributed by atoms with van der Waals surface area (Å²) in [5.41, 5.74) is 0.439. The second-order valence-electron chi connectivity index (χ2n) is 4.54. The van der Waals surface area contributed by atoms with Crippen molar-refractivity contribution in [1.82, 2.24) is 0 Å². The van der Waals surface area contributed by atoms with Crippen LogP contribution in [0.3, 0.4) is 0 Å². The van der Waals surface area contributed by atoms with Crippen molar-refractivity contribution < 1.29 is 23.1 Å². The quantitative estimate of drug-likeness (QED) is 0.649. The van der Waals surface area contributed by atoms with Gasteiger partial charge in [-0.25, -0.2) is 13.6 Å². The van der Waals surface area contributed by atoms with Crippen LogP contribution in [0.2, 0.25) is 5.02 Å². The first-order valence-corrected chi connectivity index (χ1v) is 7.76. The summed E-state index contributed by atoms with van der Waals surface area (Å²) in [5, 5.41) is 2.67. The predicted octanol–water partition coefficient (Wildman–Crippen LogP) is 4.42. The van der Waals surface area contributed by atoms with Crippen molar-refractivity contribution in [1.29, 1.82) is 0 Å². The molecule has 1 amide bonds. The zero-order valence-electron chi connectivity index (χ0n) is 12.2. The van der Waals surface area contributed by atoms with E-state index in [1.165, 1.54) is 0 Å². The zero-order valence-corrected chi connectivity index (χ0v) is 13.8. The van der Waals surface area contributed by atoms with Gasteiger partial charge in [0.1, 0.15) is 4.88 Å². The maximum Gasteiger partial charge on any atom is 0.348 e. The van der Waals surface area contributed by atoms with Crippen molar-refractivity contribution >= 4 is 39.8 Å². The van der Waals surface area contributed by atoms with E-state index in [-0.39, 0.29) is 17.2 Å². The first-order valence-electron chi connectivity index (χ1n) is 6.57. The highest BCUT2D eigenvalue weighted by molar-refractivity contribution is 7.18. The van der Waals surface area contributed by atoms with Crippen molar-refractivity contribution in [3.05, 3.63) is 50.9 Å². The third-order valence-electron chi connectivity index (χ3n) is 2.87. The van der Waals surface area contributed by atoms with Gasteiger partial charge >= 0.3 is 5.97 Å². The Bertz CT molecular complexity index is 776. The van der Waals surface area contributed by atoms with E-state index in [0.717, 1.165) is 23.5 Å².